The van der Waals surface area contributed by atoms with Gasteiger partial charge in [0.15, 0.2) is 0 Å². The van der Waals surface area contributed by atoms with Crippen molar-refractivity contribution in [3.63, 3.8) is 0 Å². The van der Waals surface area contributed by atoms with Crippen LogP contribution in [0.2, 0.25) is 0 Å². The van der Waals surface area contributed by atoms with Gasteiger partial charge in [-0.15, -0.1) is 0 Å². The van der Waals surface area contributed by atoms with Crippen LogP contribution in [0.4, 0.5) is 0 Å². The number of benzene rings is 1. The molecule has 122 valence electrons. The van der Waals surface area contributed by atoms with Gasteiger partial charge in [-0.25, -0.2) is 0 Å². The van der Waals surface area contributed by atoms with E-state index in [1.165, 1.54) is 0 Å². The minimum Gasteiger partial charge on any atom is -0.496 e. The molecule has 0 atom stereocenters. The first-order chi connectivity index (χ1) is 10.3. The zero-order chi connectivity index (χ0) is 16.7. The van der Waals surface area contributed by atoms with Crippen LogP contribution in [-0.4, -0.2) is 36.0 Å². The Labute approximate surface area is 131 Å². The standard InChI is InChI=1S/C17H25NO4/c1-12-9-14(10-13(2)17(12)22-4)11-18(3)15(19)7-5-6-8-16(20)21/h9-10H,5-8,11H2,1-4H3,(H,20,21). The molecule has 22 heavy (non-hydrogen) atoms. The van der Waals surface area contributed by atoms with E-state index in [1.54, 1.807) is 19.1 Å². The number of amides is 1. The number of unbranched alkanes of at least 4 members (excludes halogenated alkanes) is 1. The topological polar surface area (TPSA) is 66.8 Å². The molecule has 5 heteroatoms. The van der Waals surface area contributed by atoms with Crippen LogP contribution in [0.25, 0.3) is 0 Å². The second-order valence-electron chi connectivity index (χ2n) is 5.61. The molecule has 5 nitrogen and oxygen atoms in total. The summed E-state index contributed by atoms with van der Waals surface area (Å²) in [7, 11) is 3.43. The Morgan fingerprint density at radius 2 is 1.68 bits per heavy atom. The fraction of sp³-hybridized carbons (Fsp3) is 0.529. The predicted octanol–water partition coefficient (Wildman–Crippen LogP) is 2.92. The summed E-state index contributed by atoms with van der Waals surface area (Å²) in [4.78, 5) is 24.2. The Morgan fingerprint density at radius 3 is 2.18 bits per heavy atom. The van der Waals surface area contributed by atoms with Gasteiger partial charge in [-0.2, -0.15) is 0 Å². The fourth-order valence-corrected chi connectivity index (χ4v) is 2.56. The molecule has 0 bridgehead atoms. The average Bonchev–Trinajstić information content (AvgIpc) is 2.42. The molecule has 0 radical (unpaired) electrons. The number of methoxy groups -OCH3 is 1. The maximum atomic E-state index is 12.0. The van der Waals surface area contributed by atoms with Gasteiger partial charge in [0, 0.05) is 26.4 Å². The first-order valence-corrected chi connectivity index (χ1v) is 7.45. The van der Waals surface area contributed by atoms with Crippen molar-refractivity contribution < 1.29 is 19.4 Å². The van der Waals surface area contributed by atoms with Crippen LogP contribution in [0.5, 0.6) is 5.75 Å². The number of carbonyl (C=O) groups excluding carboxylic acids is 1. The van der Waals surface area contributed by atoms with Gasteiger partial charge in [0.1, 0.15) is 5.75 Å². The molecule has 0 saturated carbocycles. The number of carboxylic acids is 1. The van der Waals surface area contributed by atoms with Crippen LogP contribution < -0.4 is 4.74 Å². The van der Waals surface area contributed by atoms with E-state index in [9.17, 15) is 9.59 Å². The number of aryl methyl sites for hydroxylation is 2. The molecular weight excluding hydrogens is 282 g/mol. The van der Waals surface area contributed by atoms with Crippen molar-refractivity contribution in [3.05, 3.63) is 28.8 Å². The van der Waals surface area contributed by atoms with E-state index in [4.69, 9.17) is 9.84 Å². The summed E-state index contributed by atoms with van der Waals surface area (Å²) in [6.45, 7) is 4.52. The van der Waals surface area contributed by atoms with Crippen molar-refractivity contribution in [3.8, 4) is 5.75 Å². The first-order valence-electron chi connectivity index (χ1n) is 7.45. The van der Waals surface area contributed by atoms with Crippen molar-refractivity contribution in [1.29, 1.82) is 0 Å². The summed E-state index contributed by atoms with van der Waals surface area (Å²) in [5.41, 5.74) is 3.18. The van der Waals surface area contributed by atoms with E-state index < -0.39 is 5.97 Å². The Hall–Kier alpha value is -2.04. The highest BCUT2D eigenvalue weighted by Gasteiger charge is 2.11. The first kappa shape index (κ1) is 18.0. The molecule has 1 aromatic carbocycles. The highest BCUT2D eigenvalue weighted by atomic mass is 16.5. The van der Waals surface area contributed by atoms with Crippen LogP contribution in [0.15, 0.2) is 12.1 Å². The van der Waals surface area contributed by atoms with Gasteiger partial charge in [-0.05, 0) is 43.4 Å². The lowest BCUT2D eigenvalue weighted by Gasteiger charge is -2.19. The quantitative estimate of drug-likeness (QED) is 0.750. The second kappa shape index (κ2) is 8.41. The Morgan fingerprint density at radius 1 is 1.14 bits per heavy atom. The van der Waals surface area contributed by atoms with Gasteiger partial charge >= 0.3 is 5.97 Å². The van der Waals surface area contributed by atoms with Crippen LogP contribution in [0, 0.1) is 13.8 Å². The van der Waals surface area contributed by atoms with Gasteiger partial charge in [-0.3, -0.25) is 9.59 Å². The van der Waals surface area contributed by atoms with Crippen molar-refractivity contribution in [2.24, 2.45) is 0 Å². The number of carboxylic acid groups (broad SMARTS) is 1. The normalized spacial score (nSPS) is 10.4. The number of hydrogen-bond acceptors (Lipinski definition) is 3. The lowest BCUT2D eigenvalue weighted by Crippen LogP contribution is -2.26. The number of hydrogen-bond donors (Lipinski definition) is 1. The average molecular weight is 307 g/mol. The summed E-state index contributed by atoms with van der Waals surface area (Å²) in [6, 6.07) is 4.06. The molecule has 1 amide bonds. The molecule has 0 saturated heterocycles. The van der Waals surface area contributed by atoms with Crippen molar-refractivity contribution in [2.75, 3.05) is 14.2 Å². The molecule has 0 unspecified atom stereocenters. The summed E-state index contributed by atoms with van der Waals surface area (Å²) in [6.07, 6.45) is 1.65. The predicted molar refractivity (Wildman–Crippen MR) is 85.0 cm³/mol. The maximum absolute atomic E-state index is 12.0. The third-order valence-electron chi connectivity index (χ3n) is 3.60. The molecule has 1 rings (SSSR count). The lowest BCUT2D eigenvalue weighted by atomic mass is 10.1. The highest BCUT2D eigenvalue weighted by molar-refractivity contribution is 5.76. The zero-order valence-electron chi connectivity index (χ0n) is 13.8. The Kier molecular flexibility index (Phi) is 6.89. The summed E-state index contributed by atoms with van der Waals surface area (Å²) < 4.78 is 5.34. The summed E-state index contributed by atoms with van der Waals surface area (Å²) >= 11 is 0. The molecule has 1 aromatic rings. The van der Waals surface area contributed by atoms with E-state index in [-0.39, 0.29) is 12.3 Å². The van der Waals surface area contributed by atoms with E-state index in [1.807, 2.05) is 26.0 Å². The van der Waals surface area contributed by atoms with Gasteiger partial charge in [0.25, 0.3) is 0 Å². The molecule has 0 aliphatic carbocycles. The maximum Gasteiger partial charge on any atom is 0.303 e. The molecule has 0 aromatic heterocycles. The number of nitrogens with zero attached hydrogens (tertiary/aromatic N) is 1. The van der Waals surface area contributed by atoms with Crippen LogP contribution in [-0.2, 0) is 16.1 Å². The molecular formula is C17H25NO4. The van der Waals surface area contributed by atoms with Crippen LogP contribution in [0.3, 0.4) is 0 Å². The molecule has 0 heterocycles. The Balaban J connectivity index is 2.55. The van der Waals surface area contributed by atoms with Gasteiger partial charge in [0.05, 0.1) is 7.11 Å². The van der Waals surface area contributed by atoms with E-state index in [0.29, 0.717) is 25.8 Å². The fourth-order valence-electron chi connectivity index (χ4n) is 2.56. The Bertz CT molecular complexity index is 516. The largest absolute Gasteiger partial charge is 0.496 e. The minimum absolute atomic E-state index is 0.0384. The third kappa shape index (κ3) is 5.39. The van der Waals surface area contributed by atoms with Gasteiger partial charge in [-0.1, -0.05) is 12.1 Å². The van der Waals surface area contributed by atoms with E-state index in [0.717, 1.165) is 22.4 Å². The van der Waals surface area contributed by atoms with E-state index in [2.05, 4.69) is 0 Å². The number of rotatable bonds is 8. The number of carbonyl (C=O) groups is 2. The SMILES string of the molecule is COc1c(C)cc(CN(C)C(=O)CCCCC(=O)O)cc1C. The van der Waals surface area contributed by atoms with Gasteiger partial charge in [0.2, 0.25) is 5.91 Å². The van der Waals surface area contributed by atoms with Crippen molar-refractivity contribution in [2.45, 2.75) is 46.1 Å². The summed E-state index contributed by atoms with van der Waals surface area (Å²) in [5, 5.41) is 8.57. The molecule has 0 aliphatic heterocycles. The molecule has 0 fully saturated rings. The number of aliphatic carboxylic acids is 1. The second-order valence-corrected chi connectivity index (χ2v) is 5.61. The smallest absolute Gasteiger partial charge is 0.303 e. The van der Waals surface area contributed by atoms with Crippen molar-refractivity contribution >= 4 is 11.9 Å². The summed E-state index contributed by atoms with van der Waals surface area (Å²) in [5.74, 6) is 0.105. The van der Waals surface area contributed by atoms with E-state index >= 15 is 0 Å². The molecule has 0 aliphatic rings. The number of ether oxygens (including phenoxy) is 1. The lowest BCUT2D eigenvalue weighted by molar-refractivity contribution is -0.137. The van der Waals surface area contributed by atoms with Crippen molar-refractivity contribution in [1.82, 2.24) is 4.90 Å². The monoisotopic (exact) mass is 307 g/mol. The highest BCUT2D eigenvalue weighted by Crippen LogP contribution is 2.24. The van der Waals surface area contributed by atoms with Crippen LogP contribution in [0.1, 0.15) is 42.4 Å². The molecule has 1 N–H and O–H groups in total. The third-order valence-corrected chi connectivity index (χ3v) is 3.60. The zero-order valence-corrected chi connectivity index (χ0v) is 13.8. The van der Waals surface area contributed by atoms with Gasteiger partial charge < -0.3 is 14.7 Å². The van der Waals surface area contributed by atoms with Crippen LogP contribution >= 0.6 is 0 Å². The minimum atomic E-state index is -0.815. The molecule has 0 spiro atoms.